The zero-order valence-corrected chi connectivity index (χ0v) is 12.5. The summed E-state index contributed by atoms with van der Waals surface area (Å²) in [7, 11) is 0. The van der Waals surface area contributed by atoms with Crippen LogP contribution in [0.5, 0.6) is 0 Å². The molecule has 0 amide bonds. The van der Waals surface area contributed by atoms with Crippen molar-refractivity contribution in [3.05, 3.63) is 48.0 Å². The summed E-state index contributed by atoms with van der Waals surface area (Å²) < 4.78 is 1.70. The molecule has 0 aliphatic rings. The SMILES string of the molecule is O=C(O)CSc1cc(-c2ccccc2)nn1-c1nccs1. The fourth-order valence-electron chi connectivity index (χ4n) is 1.81. The highest BCUT2D eigenvalue weighted by Gasteiger charge is 2.14. The van der Waals surface area contributed by atoms with Crippen LogP contribution in [0.15, 0.2) is 53.0 Å². The standard InChI is InChI=1S/C14H11N3O2S2/c18-13(19)9-21-12-8-11(10-4-2-1-3-5-10)16-17(12)14-15-6-7-20-14/h1-8H,9H2,(H,18,19). The van der Waals surface area contributed by atoms with E-state index in [9.17, 15) is 4.79 Å². The number of benzene rings is 1. The van der Waals surface area contributed by atoms with Crippen LogP contribution in [0.3, 0.4) is 0 Å². The third-order valence-corrected chi connectivity index (χ3v) is 4.42. The lowest BCUT2D eigenvalue weighted by molar-refractivity contribution is -0.133. The molecule has 5 nitrogen and oxygen atoms in total. The molecule has 1 aromatic carbocycles. The first-order valence-corrected chi connectivity index (χ1v) is 8.00. The topological polar surface area (TPSA) is 68.0 Å². The van der Waals surface area contributed by atoms with Crippen molar-refractivity contribution < 1.29 is 9.90 Å². The molecule has 21 heavy (non-hydrogen) atoms. The van der Waals surface area contributed by atoms with Gasteiger partial charge in [0, 0.05) is 17.1 Å². The normalized spacial score (nSPS) is 10.7. The minimum Gasteiger partial charge on any atom is -0.481 e. The fourth-order valence-corrected chi connectivity index (χ4v) is 3.19. The molecule has 0 saturated carbocycles. The molecule has 0 unspecified atom stereocenters. The number of carbonyl (C=O) groups is 1. The summed E-state index contributed by atoms with van der Waals surface area (Å²) in [4.78, 5) is 15.0. The van der Waals surface area contributed by atoms with Crippen LogP contribution >= 0.6 is 23.1 Å². The second-order valence-corrected chi connectivity index (χ2v) is 6.01. The van der Waals surface area contributed by atoms with Crippen LogP contribution in [0, 0.1) is 0 Å². The largest absolute Gasteiger partial charge is 0.481 e. The number of thioether (sulfide) groups is 1. The summed E-state index contributed by atoms with van der Waals surface area (Å²) in [6, 6.07) is 11.7. The summed E-state index contributed by atoms with van der Waals surface area (Å²) in [6.07, 6.45) is 1.70. The van der Waals surface area contributed by atoms with Gasteiger partial charge in [0.1, 0.15) is 5.03 Å². The highest BCUT2D eigenvalue weighted by molar-refractivity contribution is 7.99. The number of thiazole rings is 1. The van der Waals surface area contributed by atoms with E-state index in [0.29, 0.717) is 0 Å². The van der Waals surface area contributed by atoms with Gasteiger partial charge in [-0.15, -0.1) is 11.3 Å². The second kappa shape index (κ2) is 6.11. The molecule has 0 bridgehead atoms. The van der Waals surface area contributed by atoms with Crippen LogP contribution in [-0.4, -0.2) is 31.6 Å². The molecule has 2 heterocycles. The number of hydrogen-bond donors (Lipinski definition) is 1. The second-order valence-electron chi connectivity index (χ2n) is 4.14. The Bertz CT molecular complexity index is 739. The van der Waals surface area contributed by atoms with Gasteiger partial charge in [-0.2, -0.15) is 9.78 Å². The Hall–Kier alpha value is -2.12. The highest BCUT2D eigenvalue weighted by Crippen LogP contribution is 2.28. The van der Waals surface area contributed by atoms with E-state index in [1.165, 1.54) is 23.1 Å². The van der Waals surface area contributed by atoms with Gasteiger partial charge in [0.05, 0.1) is 11.4 Å². The number of aliphatic carboxylic acids is 1. The van der Waals surface area contributed by atoms with Crippen LogP contribution < -0.4 is 0 Å². The van der Waals surface area contributed by atoms with Gasteiger partial charge in [0.15, 0.2) is 0 Å². The average molecular weight is 317 g/mol. The molecule has 0 aliphatic heterocycles. The average Bonchev–Trinajstić information content (AvgIpc) is 3.15. The van der Waals surface area contributed by atoms with E-state index in [2.05, 4.69) is 10.1 Å². The van der Waals surface area contributed by atoms with Crippen molar-refractivity contribution in [2.24, 2.45) is 0 Å². The number of hydrogen-bond acceptors (Lipinski definition) is 5. The van der Waals surface area contributed by atoms with Crippen LogP contribution in [-0.2, 0) is 4.79 Å². The van der Waals surface area contributed by atoms with Crippen molar-refractivity contribution in [2.75, 3.05) is 5.75 Å². The Balaban J connectivity index is 2.00. The first kappa shape index (κ1) is 13.8. The third kappa shape index (κ3) is 3.14. The Morgan fingerprint density at radius 1 is 1.33 bits per heavy atom. The molecule has 3 rings (SSSR count). The van der Waals surface area contributed by atoms with Crippen molar-refractivity contribution >= 4 is 29.1 Å². The Kier molecular flexibility index (Phi) is 4.03. The van der Waals surface area contributed by atoms with Gasteiger partial charge in [-0.25, -0.2) is 4.98 Å². The Morgan fingerprint density at radius 2 is 2.14 bits per heavy atom. The van der Waals surface area contributed by atoms with Gasteiger partial charge >= 0.3 is 5.97 Å². The van der Waals surface area contributed by atoms with Crippen molar-refractivity contribution in [1.29, 1.82) is 0 Å². The highest BCUT2D eigenvalue weighted by atomic mass is 32.2. The molecule has 0 radical (unpaired) electrons. The molecule has 0 atom stereocenters. The first-order chi connectivity index (χ1) is 10.2. The molecule has 2 aromatic heterocycles. The van der Waals surface area contributed by atoms with Crippen molar-refractivity contribution in [2.45, 2.75) is 5.03 Å². The number of carboxylic acid groups (broad SMARTS) is 1. The lowest BCUT2D eigenvalue weighted by atomic mass is 10.2. The smallest absolute Gasteiger partial charge is 0.313 e. The van der Waals surface area contributed by atoms with E-state index >= 15 is 0 Å². The van der Waals surface area contributed by atoms with Crippen LogP contribution in [0.2, 0.25) is 0 Å². The molecule has 0 spiro atoms. The number of nitrogens with zero attached hydrogens (tertiary/aromatic N) is 3. The van der Waals surface area contributed by atoms with Crippen LogP contribution in [0.1, 0.15) is 0 Å². The Labute approximate surface area is 129 Å². The van der Waals surface area contributed by atoms with E-state index in [-0.39, 0.29) is 5.75 Å². The van der Waals surface area contributed by atoms with Crippen molar-refractivity contribution in [1.82, 2.24) is 14.8 Å². The maximum atomic E-state index is 10.8. The van der Waals surface area contributed by atoms with E-state index < -0.39 is 5.97 Å². The van der Waals surface area contributed by atoms with E-state index in [1.54, 1.807) is 10.9 Å². The number of carboxylic acids is 1. The lowest BCUT2D eigenvalue weighted by Gasteiger charge is -2.01. The molecule has 0 fully saturated rings. The van der Waals surface area contributed by atoms with Gasteiger partial charge in [-0.1, -0.05) is 42.1 Å². The zero-order valence-electron chi connectivity index (χ0n) is 10.8. The summed E-state index contributed by atoms with van der Waals surface area (Å²) in [5.41, 5.74) is 1.80. The summed E-state index contributed by atoms with van der Waals surface area (Å²) >= 11 is 2.70. The number of rotatable bonds is 5. The van der Waals surface area contributed by atoms with Gasteiger partial charge in [0.25, 0.3) is 0 Å². The fraction of sp³-hybridized carbons (Fsp3) is 0.0714. The van der Waals surface area contributed by atoms with Crippen molar-refractivity contribution in [3.8, 4) is 16.4 Å². The monoisotopic (exact) mass is 317 g/mol. The summed E-state index contributed by atoms with van der Waals surface area (Å²) in [5.74, 6) is -0.862. The van der Waals surface area contributed by atoms with Crippen LogP contribution in [0.25, 0.3) is 16.4 Å². The Morgan fingerprint density at radius 3 is 2.81 bits per heavy atom. The molecule has 106 valence electrons. The molecule has 7 heteroatoms. The number of aromatic nitrogens is 3. The minimum atomic E-state index is -0.854. The molecular formula is C14H11N3O2S2. The van der Waals surface area contributed by atoms with Gasteiger partial charge in [0.2, 0.25) is 5.13 Å². The maximum absolute atomic E-state index is 10.8. The maximum Gasteiger partial charge on any atom is 0.313 e. The van der Waals surface area contributed by atoms with Gasteiger partial charge in [-0.3, -0.25) is 4.79 Å². The molecule has 3 aromatic rings. The molecule has 0 saturated heterocycles. The van der Waals surface area contributed by atoms with E-state index in [1.807, 2.05) is 41.8 Å². The van der Waals surface area contributed by atoms with Gasteiger partial charge in [-0.05, 0) is 6.07 Å². The zero-order chi connectivity index (χ0) is 14.7. The summed E-state index contributed by atoms with van der Waals surface area (Å²) in [6.45, 7) is 0. The van der Waals surface area contributed by atoms with E-state index in [0.717, 1.165) is 21.4 Å². The third-order valence-electron chi connectivity index (χ3n) is 2.69. The molecular weight excluding hydrogens is 306 g/mol. The predicted molar refractivity (Wildman–Crippen MR) is 83.0 cm³/mol. The molecule has 1 N–H and O–H groups in total. The lowest BCUT2D eigenvalue weighted by Crippen LogP contribution is -2.01. The van der Waals surface area contributed by atoms with E-state index in [4.69, 9.17) is 5.11 Å². The minimum absolute atomic E-state index is 0.00863. The van der Waals surface area contributed by atoms with Crippen LogP contribution in [0.4, 0.5) is 0 Å². The van der Waals surface area contributed by atoms with Crippen molar-refractivity contribution in [3.63, 3.8) is 0 Å². The predicted octanol–water partition coefficient (Wildman–Crippen LogP) is 3.17. The summed E-state index contributed by atoms with van der Waals surface area (Å²) in [5, 5.41) is 16.8. The quantitative estimate of drug-likeness (QED) is 0.732. The molecule has 0 aliphatic carbocycles. The van der Waals surface area contributed by atoms with Gasteiger partial charge < -0.3 is 5.11 Å². The first-order valence-electron chi connectivity index (χ1n) is 6.14.